The maximum absolute atomic E-state index is 11.5. The number of amides is 1. The molecule has 15 heavy (non-hydrogen) atoms. The molecular weight excluding hydrogens is 192 g/mol. The van der Waals surface area contributed by atoms with Crippen molar-refractivity contribution in [3.05, 3.63) is 0 Å². The van der Waals surface area contributed by atoms with Crippen LogP contribution in [0.1, 0.15) is 33.6 Å². The largest absolute Gasteiger partial charge is 0.377 e. The van der Waals surface area contributed by atoms with Crippen molar-refractivity contribution >= 4 is 5.91 Å². The first kappa shape index (κ1) is 14.4. The van der Waals surface area contributed by atoms with Gasteiger partial charge >= 0.3 is 0 Å². The van der Waals surface area contributed by atoms with Gasteiger partial charge in [-0.15, -0.1) is 0 Å². The molecule has 0 spiro atoms. The van der Waals surface area contributed by atoms with Crippen LogP contribution in [0.2, 0.25) is 0 Å². The average molecular weight is 216 g/mol. The molecule has 0 radical (unpaired) electrons. The Balaban J connectivity index is 3.47. The predicted octanol–water partition coefficient (Wildman–Crippen LogP) is 0.903. The van der Waals surface area contributed by atoms with E-state index < -0.39 is 0 Å². The monoisotopic (exact) mass is 216 g/mol. The molecule has 0 aromatic carbocycles. The molecule has 1 amide bonds. The van der Waals surface area contributed by atoms with E-state index in [9.17, 15) is 4.79 Å². The maximum atomic E-state index is 11.5. The molecule has 0 aromatic rings. The zero-order valence-electron chi connectivity index (χ0n) is 10.1. The third kappa shape index (κ3) is 8.39. The molecule has 0 aliphatic heterocycles. The van der Waals surface area contributed by atoms with Crippen molar-refractivity contribution in [2.75, 3.05) is 19.7 Å². The first-order chi connectivity index (χ1) is 7.07. The van der Waals surface area contributed by atoms with E-state index in [-0.39, 0.29) is 17.9 Å². The molecule has 0 rings (SSSR count). The molecule has 0 aromatic heterocycles. The maximum Gasteiger partial charge on any atom is 0.222 e. The van der Waals surface area contributed by atoms with E-state index in [0.29, 0.717) is 19.7 Å². The van der Waals surface area contributed by atoms with Crippen LogP contribution in [0, 0.1) is 5.92 Å². The van der Waals surface area contributed by atoms with Gasteiger partial charge in [-0.3, -0.25) is 4.79 Å². The lowest BCUT2D eigenvalue weighted by Gasteiger charge is -2.12. The van der Waals surface area contributed by atoms with Crippen LogP contribution in [0.25, 0.3) is 0 Å². The standard InChI is InChI=1S/C11H24N2O2/c1-9(2)15-8-7-13-11(14)10(3)5-4-6-12/h9-10H,4-8,12H2,1-3H3,(H,13,14). The number of carbonyl (C=O) groups is 1. The van der Waals surface area contributed by atoms with Crippen LogP contribution >= 0.6 is 0 Å². The van der Waals surface area contributed by atoms with Crippen LogP contribution < -0.4 is 11.1 Å². The van der Waals surface area contributed by atoms with Crippen molar-refractivity contribution in [2.45, 2.75) is 39.7 Å². The fourth-order valence-corrected chi connectivity index (χ4v) is 1.20. The van der Waals surface area contributed by atoms with Gasteiger partial charge in [-0.05, 0) is 33.2 Å². The Morgan fingerprint density at radius 3 is 2.60 bits per heavy atom. The lowest BCUT2D eigenvalue weighted by molar-refractivity contribution is -0.125. The molecular formula is C11H24N2O2. The van der Waals surface area contributed by atoms with E-state index in [1.807, 2.05) is 20.8 Å². The van der Waals surface area contributed by atoms with Crippen LogP contribution in [-0.2, 0) is 9.53 Å². The summed E-state index contributed by atoms with van der Waals surface area (Å²) in [7, 11) is 0. The van der Waals surface area contributed by atoms with Crippen molar-refractivity contribution in [1.82, 2.24) is 5.32 Å². The summed E-state index contributed by atoms with van der Waals surface area (Å²) in [5, 5.41) is 2.84. The molecule has 3 N–H and O–H groups in total. The van der Waals surface area contributed by atoms with Crippen molar-refractivity contribution in [1.29, 1.82) is 0 Å². The lowest BCUT2D eigenvalue weighted by atomic mass is 10.1. The number of ether oxygens (including phenoxy) is 1. The molecule has 1 atom stereocenters. The summed E-state index contributed by atoms with van der Waals surface area (Å²) < 4.78 is 5.32. The van der Waals surface area contributed by atoms with E-state index in [4.69, 9.17) is 10.5 Å². The smallest absolute Gasteiger partial charge is 0.222 e. The SMILES string of the molecule is CC(C)OCCNC(=O)C(C)CCCN. The molecule has 0 saturated carbocycles. The molecule has 0 heterocycles. The third-order valence-electron chi connectivity index (χ3n) is 2.14. The molecule has 0 saturated heterocycles. The molecule has 4 nitrogen and oxygen atoms in total. The summed E-state index contributed by atoms with van der Waals surface area (Å²) in [6.07, 6.45) is 1.97. The quantitative estimate of drug-likeness (QED) is 0.593. The fourth-order valence-electron chi connectivity index (χ4n) is 1.20. The first-order valence-corrected chi connectivity index (χ1v) is 5.67. The summed E-state index contributed by atoms with van der Waals surface area (Å²) in [6, 6.07) is 0. The number of nitrogens with two attached hydrogens (primary N) is 1. The van der Waals surface area contributed by atoms with Gasteiger partial charge in [0.25, 0.3) is 0 Å². The predicted molar refractivity (Wildman–Crippen MR) is 61.6 cm³/mol. The number of rotatable bonds is 8. The van der Waals surface area contributed by atoms with Gasteiger partial charge in [-0.1, -0.05) is 6.92 Å². The molecule has 0 fully saturated rings. The Hall–Kier alpha value is -0.610. The van der Waals surface area contributed by atoms with Gasteiger partial charge in [0.05, 0.1) is 12.7 Å². The van der Waals surface area contributed by atoms with E-state index in [1.54, 1.807) is 0 Å². The topological polar surface area (TPSA) is 64.3 Å². The van der Waals surface area contributed by atoms with Crippen molar-refractivity contribution in [2.24, 2.45) is 11.7 Å². The second kappa shape index (κ2) is 8.68. The minimum Gasteiger partial charge on any atom is -0.377 e. The number of nitrogens with one attached hydrogen (secondary N) is 1. The van der Waals surface area contributed by atoms with Gasteiger partial charge in [-0.25, -0.2) is 0 Å². The Labute approximate surface area is 92.6 Å². The van der Waals surface area contributed by atoms with Crippen LogP contribution in [0.15, 0.2) is 0 Å². The average Bonchev–Trinajstić information content (AvgIpc) is 2.20. The second-order valence-electron chi connectivity index (χ2n) is 4.04. The van der Waals surface area contributed by atoms with Gasteiger partial charge in [0, 0.05) is 12.5 Å². The zero-order valence-corrected chi connectivity index (χ0v) is 10.1. The second-order valence-corrected chi connectivity index (χ2v) is 4.04. The van der Waals surface area contributed by atoms with Gasteiger partial charge < -0.3 is 15.8 Å². The summed E-state index contributed by atoms with van der Waals surface area (Å²) in [5.74, 6) is 0.142. The highest BCUT2D eigenvalue weighted by Gasteiger charge is 2.10. The minimum absolute atomic E-state index is 0.0487. The number of carbonyl (C=O) groups excluding carboxylic acids is 1. The van der Waals surface area contributed by atoms with Gasteiger partial charge in [0.15, 0.2) is 0 Å². The molecule has 0 aliphatic carbocycles. The van der Waals surface area contributed by atoms with Crippen molar-refractivity contribution in [3.63, 3.8) is 0 Å². The fraction of sp³-hybridized carbons (Fsp3) is 0.909. The first-order valence-electron chi connectivity index (χ1n) is 5.67. The summed E-state index contributed by atoms with van der Waals surface area (Å²) >= 11 is 0. The molecule has 90 valence electrons. The minimum atomic E-state index is 0.0487. The van der Waals surface area contributed by atoms with Gasteiger partial charge in [0.2, 0.25) is 5.91 Å². The van der Waals surface area contributed by atoms with E-state index >= 15 is 0 Å². The van der Waals surface area contributed by atoms with Crippen LogP contribution in [0.3, 0.4) is 0 Å². The molecule has 1 unspecified atom stereocenters. The van der Waals surface area contributed by atoms with E-state index in [0.717, 1.165) is 12.8 Å². The normalized spacial score (nSPS) is 12.9. The highest BCUT2D eigenvalue weighted by atomic mass is 16.5. The zero-order chi connectivity index (χ0) is 11.7. The third-order valence-corrected chi connectivity index (χ3v) is 2.14. The summed E-state index contributed by atoms with van der Waals surface area (Å²) in [5.41, 5.74) is 5.38. The Kier molecular flexibility index (Phi) is 8.33. The van der Waals surface area contributed by atoms with E-state index in [2.05, 4.69) is 5.32 Å². The van der Waals surface area contributed by atoms with Crippen molar-refractivity contribution in [3.8, 4) is 0 Å². The van der Waals surface area contributed by atoms with Gasteiger partial charge in [-0.2, -0.15) is 0 Å². The van der Waals surface area contributed by atoms with Crippen LogP contribution in [0.4, 0.5) is 0 Å². The molecule has 0 bridgehead atoms. The number of hydrogen-bond donors (Lipinski definition) is 2. The highest BCUT2D eigenvalue weighted by Crippen LogP contribution is 2.03. The van der Waals surface area contributed by atoms with Crippen LogP contribution in [-0.4, -0.2) is 31.7 Å². The van der Waals surface area contributed by atoms with Crippen molar-refractivity contribution < 1.29 is 9.53 Å². The Bertz CT molecular complexity index is 172. The van der Waals surface area contributed by atoms with Gasteiger partial charge in [0.1, 0.15) is 0 Å². The Morgan fingerprint density at radius 2 is 2.07 bits per heavy atom. The highest BCUT2D eigenvalue weighted by molar-refractivity contribution is 5.78. The van der Waals surface area contributed by atoms with Crippen LogP contribution in [0.5, 0.6) is 0 Å². The molecule has 4 heteroatoms. The lowest BCUT2D eigenvalue weighted by Crippen LogP contribution is -2.32. The summed E-state index contributed by atoms with van der Waals surface area (Å²) in [4.78, 5) is 11.5. The molecule has 0 aliphatic rings. The Morgan fingerprint density at radius 1 is 1.40 bits per heavy atom. The van der Waals surface area contributed by atoms with E-state index in [1.165, 1.54) is 0 Å². The summed E-state index contributed by atoms with van der Waals surface area (Å²) in [6.45, 7) is 7.69. The number of hydrogen-bond acceptors (Lipinski definition) is 3.